The Kier molecular flexibility index (Phi) is 5.08. The first-order valence-corrected chi connectivity index (χ1v) is 8.08. The number of carbonyl (C=O) groups excluding carboxylic acids is 1. The summed E-state index contributed by atoms with van der Waals surface area (Å²) in [6.07, 6.45) is 0.128. The van der Waals surface area contributed by atoms with Gasteiger partial charge in [-0.3, -0.25) is 15.7 Å². The average Bonchev–Trinajstić information content (AvgIpc) is 2.98. The second-order valence-corrected chi connectivity index (χ2v) is 6.02. The number of urea groups is 1. The monoisotopic (exact) mass is 392 g/mol. The van der Waals surface area contributed by atoms with Gasteiger partial charge in [-0.1, -0.05) is 17.7 Å². The molecule has 0 unspecified atom stereocenters. The summed E-state index contributed by atoms with van der Waals surface area (Å²) < 4.78 is 13.2. The van der Waals surface area contributed by atoms with E-state index in [0.29, 0.717) is 16.5 Å². The Morgan fingerprint density at radius 3 is 2.78 bits per heavy atom. The number of H-pyrrole nitrogens is 1. The molecule has 0 aliphatic rings. The fourth-order valence-electron chi connectivity index (χ4n) is 2.39. The van der Waals surface area contributed by atoms with Gasteiger partial charge < -0.3 is 10.4 Å². The number of nitrogens with one attached hydrogen (secondary N) is 4. The number of carboxylic acid groups (broad SMARTS) is 1. The number of pyridine rings is 1. The molecule has 0 saturated heterocycles. The van der Waals surface area contributed by atoms with Crippen molar-refractivity contribution in [1.29, 1.82) is 0 Å². The van der Waals surface area contributed by atoms with Crippen molar-refractivity contribution >= 4 is 46.3 Å². The standard InChI is InChI=1S/C16H14ClFN6O3/c1-7(8-2-3-11(18)10(17)4-8)20-15(25)21-13-5-12-9(6-19-13)14(24-23-12)22-16(26)27/h2-7H,1H3,(H,26,27)(H2,22,23,24)(H2,19,20,21,25)/t7-/m1/s1. The number of nitrogens with zero attached hydrogens (tertiary/aromatic N) is 2. The van der Waals surface area contributed by atoms with Crippen LogP contribution >= 0.6 is 11.6 Å². The molecule has 1 aromatic carbocycles. The normalized spacial score (nSPS) is 11.8. The number of halogens is 2. The number of anilines is 2. The first kappa shape index (κ1) is 18.4. The van der Waals surface area contributed by atoms with Gasteiger partial charge in [0, 0.05) is 12.3 Å². The molecule has 0 aliphatic heterocycles. The van der Waals surface area contributed by atoms with E-state index in [1.807, 2.05) is 0 Å². The van der Waals surface area contributed by atoms with Crippen molar-refractivity contribution in [1.82, 2.24) is 20.5 Å². The van der Waals surface area contributed by atoms with Crippen LogP contribution in [0.3, 0.4) is 0 Å². The molecule has 0 saturated carbocycles. The molecule has 3 amide bonds. The maximum absolute atomic E-state index is 13.2. The third kappa shape index (κ3) is 4.23. The minimum atomic E-state index is -1.25. The Hall–Kier alpha value is -3.40. The second kappa shape index (κ2) is 7.46. The number of rotatable bonds is 4. The Morgan fingerprint density at radius 1 is 1.30 bits per heavy atom. The van der Waals surface area contributed by atoms with Crippen LogP contribution in [-0.2, 0) is 0 Å². The third-order valence-corrected chi connectivity index (χ3v) is 4.00. The van der Waals surface area contributed by atoms with Gasteiger partial charge in [0.2, 0.25) is 0 Å². The zero-order chi connectivity index (χ0) is 19.6. The minimum absolute atomic E-state index is 0.0290. The van der Waals surface area contributed by atoms with Crippen molar-refractivity contribution in [3.05, 3.63) is 46.9 Å². The molecular weight excluding hydrogens is 379 g/mol. The lowest BCUT2D eigenvalue weighted by molar-refractivity contribution is 0.209. The van der Waals surface area contributed by atoms with Crippen LogP contribution in [0.1, 0.15) is 18.5 Å². The number of amides is 3. The van der Waals surface area contributed by atoms with Crippen LogP contribution in [-0.4, -0.2) is 32.4 Å². The lowest BCUT2D eigenvalue weighted by atomic mass is 10.1. The predicted octanol–water partition coefficient (Wildman–Crippen LogP) is 3.72. The van der Waals surface area contributed by atoms with E-state index < -0.39 is 24.0 Å². The van der Waals surface area contributed by atoms with Crippen molar-refractivity contribution < 1.29 is 19.1 Å². The highest BCUT2D eigenvalue weighted by Crippen LogP contribution is 2.22. The molecule has 1 atom stereocenters. The number of benzene rings is 1. The first-order chi connectivity index (χ1) is 12.8. The van der Waals surface area contributed by atoms with E-state index in [0.717, 1.165) is 0 Å². The van der Waals surface area contributed by atoms with E-state index in [9.17, 15) is 14.0 Å². The first-order valence-electron chi connectivity index (χ1n) is 7.70. The van der Waals surface area contributed by atoms with Crippen LogP contribution in [0, 0.1) is 5.82 Å². The number of carbonyl (C=O) groups is 2. The molecule has 0 aliphatic carbocycles. The summed E-state index contributed by atoms with van der Waals surface area (Å²) >= 11 is 5.75. The van der Waals surface area contributed by atoms with Gasteiger partial charge in [-0.2, -0.15) is 5.10 Å². The molecule has 11 heteroatoms. The zero-order valence-electron chi connectivity index (χ0n) is 13.9. The molecule has 0 spiro atoms. The predicted molar refractivity (Wildman–Crippen MR) is 97.5 cm³/mol. The Labute approximate surface area is 156 Å². The van der Waals surface area contributed by atoms with Crippen LogP contribution in [0.2, 0.25) is 5.02 Å². The van der Waals surface area contributed by atoms with Gasteiger partial charge in [-0.15, -0.1) is 0 Å². The Balaban J connectivity index is 1.68. The number of fused-ring (bicyclic) bond motifs is 1. The fourth-order valence-corrected chi connectivity index (χ4v) is 2.58. The lowest BCUT2D eigenvalue weighted by Gasteiger charge is -2.15. The van der Waals surface area contributed by atoms with Crippen molar-refractivity contribution in [3.63, 3.8) is 0 Å². The largest absolute Gasteiger partial charge is 0.465 e. The third-order valence-electron chi connectivity index (χ3n) is 3.71. The number of hydrogen-bond acceptors (Lipinski definition) is 4. The van der Waals surface area contributed by atoms with Gasteiger partial charge in [-0.25, -0.2) is 19.0 Å². The Morgan fingerprint density at radius 2 is 2.07 bits per heavy atom. The summed E-state index contributed by atoms with van der Waals surface area (Å²) in [5.41, 5.74) is 1.13. The molecule has 0 bridgehead atoms. The quantitative estimate of drug-likeness (QED) is 0.461. The molecule has 3 rings (SSSR count). The van der Waals surface area contributed by atoms with E-state index >= 15 is 0 Å². The Bertz CT molecular complexity index is 1020. The summed E-state index contributed by atoms with van der Waals surface area (Å²) in [5.74, 6) is -0.191. The molecule has 140 valence electrons. The topological polar surface area (TPSA) is 132 Å². The summed E-state index contributed by atoms with van der Waals surface area (Å²) in [7, 11) is 0. The molecule has 2 heterocycles. The van der Waals surface area contributed by atoms with Crippen molar-refractivity contribution in [2.24, 2.45) is 0 Å². The maximum Gasteiger partial charge on any atom is 0.410 e. The van der Waals surface area contributed by atoms with E-state index in [1.54, 1.807) is 6.92 Å². The van der Waals surface area contributed by atoms with Gasteiger partial charge in [0.25, 0.3) is 0 Å². The molecule has 5 N–H and O–H groups in total. The molecule has 3 aromatic rings. The molecule has 27 heavy (non-hydrogen) atoms. The van der Waals surface area contributed by atoms with E-state index in [1.165, 1.54) is 30.5 Å². The maximum atomic E-state index is 13.2. The molecular formula is C16H14ClFN6O3. The summed E-state index contributed by atoms with van der Waals surface area (Å²) in [6, 6.07) is 4.74. The molecule has 0 radical (unpaired) electrons. The van der Waals surface area contributed by atoms with Crippen molar-refractivity contribution in [3.8, 4) is 0 Å². The highest BCUT2D eigenvalue weighted by molar-refractivity contribution is 6.30. The zero-order valence-corrected chi connectivity index (χ0v) is 14.6. The van der Waals surface area contributed by atoms with E-state index in [4.69, 9.17) is 16.7 Å². The highest BCUT2D eigenvalue weighted by Gasteiger charge is 2.14. The van der Waals surface area contributed by atoms with Gasteiger partial charge in [0.15, 0.2) is 5.82 Å². The van der Waals surface area contributed by atoms with E-state index in [2.05, 4.69) is 31.1 Å². The molecule has 0 fully saturated rings. The summed E-state index contributed by atoms with van der Waals surface area (Å²) in [6.45, 7) is 1.72. The van der Waals surface area contributed by atoms with Gasteiger partial charge in [0.1, 0.15) is 11.6 Å². The SMILES string of the molecule is C[C@@H](NC(=O)Nc1cc2[nH]nc(NC(=O)O)c2cn1)c1ccc(F)c(Cl)c1. The van der Waals surface area contributed by atoms with Gasteiger partial charge in [-0.05, 0) is 24.6 Å². The van der Waals surface area contributed by atoms with Crippen LogP contribution in [0.4, 0.5) is 25.6 Å². The number of hydrogen-bond donors (Lipinski definition) is 5. The van der Waals surface area contributed by atoms with Crippen LogP contribution in [0.25, 0.3) is 10.9 Å². The molecule has 9 nitrogen and oxygen atoms in total. The van der Waals surface area contributed by atoms with Crippen LogP contribution < -0.4 is 16.0 Å². The van der Waals surface area contributed by atoms with Crippen molar-refractivity contribution in [2.75, 3.05) is 10.6 Å². The highest BCUT2D eigenvalue weighted by atomic mass is 35.5. The number of aromatic nitrogens is 3. The van der Waals surface area contributed by atoms with Gasteiger partial charge in [0.05, 0.1) is 22.0 Å². The molecule has 2 aromatic heterocycles. The average molecular weight is 393 g/mol. The van der Waals surface area contributed by atoms with Crippen LogP contribution in [0.15, 0.2) is 30.5 Å². The summed E-state index contributed by atoms with van der Waals surface area (Å²) in [4.78, 5) is 26.9. The van der Waals surface area contributed by atoms with Gasteiger partial charge >= 0.3 is 12.1 Å². The van der Waals surface area contributed by atoms with Crippen molar-refractivity contribution in [2.45, 2.75) is 13.0 Å². The minimum Gasteiger partial charge on any atom is -0.465 e. The second-order valence-electron chi connectivity index (χ2n) is 5.61. The fraction of sp³-hybridized carbons (Fsp3) is 0.125. The smallest absolute Gasteiger partial charge is 0.410 e. The van der Waals surface area contributed by atoms with Crippen LogP contribution in [0.5, 0.6) is 0 Å². The lowest BCUT2D eigenvalue weighted by Crippen LogP contribution is -2.31. The summed E-state index contributed by atoms with van der Waals surface area (Å²) in [5, 5.41) is 23.0. The van der Waals surface area contributed by atoms with E-state index in [-0.39, 0.29) is 16.7 Å². The number of aromatic amines is 1.